The Balaban J connectivity index is 4.16. The number of hydrogen-bond donors (Lipinski definition) is 2. The highest BCUT2D eigenvalue weighted by molar-refractivity contribution is 5.85. The fourth-order valence-corrected chi connectivity index (χ4v) is 0.929. The topological polar surface area (TPSA) is 49.3 Å². The Kier molecular flexibility index (Phi) is 5.89. The lowest BCUT2D eigenvalue weighted by Gasteiger charge is -2.11. The molecule has 3 heteroatoms. The Bertz CT molecular complexity index is 209. The predicted octanol–water partition coefficient (Wildman–Crippen LogP) is 1.57. The van der Waals surface area contributed by atoms with Crippen LogP contribution in [0.5, 0.6) is 0 Å². The number of carbonyl (C=O) groups is 1. The third-order valence-electron chi connectivity index (χ3n) is 1.75. The van der Waals surface area contributed by atoms with Gasteiger partial charge in [0.25, 0.3) is 0 Å². The minimum atomic E-state index is -0.862. The van der Waals surface area contributed by atoms with Crippen molar-refractivity contribution in [2.75, 3.05) is 6.54 Å². The van der Waals surface area contributed by atoms with Gasteiger partial charge in [-0.25, -0.2) is 4.79 Å². The van der Waals surface area contributed by atoms with Gasteiger partial charge in [-0.2, -0.15) is 0 Å². The van der Waals surface area contributed by atoms with E-state index < -0.39 is 5.97 Å². The van der Waals surface area contributed by atoms with Crippen molar-refractivity contribution in [3.05, 3.63) is 24.3 Å². The van der Waals surface area contributed by atoms with Crippen LogP contribution < -0.4 is 5.32 Å². The second-order valence-corrected chi connectivity index (χ2v) is 2.87. The van der Waals surface area contributed by atoms with E-state index in [1.54, 1.807) is 19.1 Å². The van der Waals surface area contributed by atoms with Crippen LogP contribution >= 0.6 is 0 Å². The summed E-state index contributed by atoms with van der Waals surface area (Å²) < 4.78 is 0. The smallest absolute Gasteiger partial charge is 0.331 e. The van der Waals surface area contributed by atoms with Crippen LogP contribution in [0.2, 0.25) is 0 Å². The summed E-state index contributed by atoms with van der Waals surface area (Å²) in [4.78, 5) is 10.5. The third kappa shape index (κ3) is 5.20. The van der Waals surface area contributed by atoms with Crippen LogP contribution in [-0.2, 0) is 4.79 Å². The minimum Gasteiger partial charge on any atom is -0.478 e. The summed E-state index contributed by atoms with van der Waals surface area (Å²) in [5.41, 5.74) is 0.378. The zero-order valence-corrected chi connectivity index (χ0v) is 8.21. The van der Waals surface area contributed by atoms with Gasteiger partial charge in [-0.3, -0.25) is 0 Å². The van der Waals surface area contributed by atoms with Crippen molar-refractivity contribution < 1.29 is 9.90 Å². The summed E-state index contributed by atoms with van der Waals surface area (Å²) in [6, 6.07) is 0.120. The highest BCUT2D eigenvalue weighted by Crippen LogP contribution is 1.99. The van der Waals surface area contributed by atoms with Crippen molar-refractivity contribution in [3.8, 4) is 0 Å². The first-order valence-corrected chi connectivity index (χ1v) is 4.37. The maximum absolute atomic E-state index is 10.5. The summed E-state index contributed by atoms with van der Waals surface area (Å²) in [7, 11) is 0. The summed E-state index contributed by atoms with van der Waals surface area (Å²) in [6.45, 7) is 7.88. The fraction of sp³-hybridized carbons (Fsp3) is 0.500. The highest BCUT2D eigenvalue weighted by atomic mass is 16.4. The molecule has 0 spiro atoms. The Labute approximate surface area is 79.2 Å². The molecule has 0 aliphatic heterocycles. The van der Waals surface area contributed by atoms with Gasteiger partial charge in [0.05, 0.1) is 0 Å². The van der Waals surface area contributed by atoms with Crippen molar-refractivity contribution in [3.63, 3.8) is 0 Å². The molecule has 0 saturated carbocycles. The Morgan fingerprint density at radius 1 is 1.69 bits per heavy atom. The molecule has 0 aromatic carbocycles. The maximum atomic E-state index is 10.5. The van der Waals surface area contributed by atoms with Gasteiger partial charge in [0.2, 0.25) is 0 Å². The quantitative estimate of drug-likeness (QED) is 0.485. The Morgan fingerprint density at radius 2 is 2.31 bits per heavy atom. The Hall–Kier alpha value is -1.09. The van der Waals surface area contributed by atoms with Gasteiger partial charge in [0.15, 0.2) is 0 Å². The van der Waals surface area contributed by atoms with E-state index in [2.05, 4.69) is 11.9 Å². The molecule has 0 radical (unpaired) electrons. The number of rotatable bonds is 6. The number of nitrogens with one attached hydrogen (secondary N) is 1. The van der Waals surface area contributed by atoms with Gasteiger partial charge in [-0.1, -0.05) is 19.1 Å². The van der Waals surface area contributed by atoms with Gasteiger partial charge >= 0.3 is 5.97 Å². The molecule has 0 aliphatic carbocycles. The maximum Gasteiger partial charge on any atom is 0.331 e. The van der Waals surface area contributed by atoms with E-state index in [-0.39, 0.29) is 6.04 Å². The second kappa shape index (κ2) is 6.43. The highest BCUT2D eigenvalue weighted by Gasteiger charge is 2.04. The summed E-state index contributed by atoms with van der Waals surface area (Å²) in [5.74, 6) is -0.862. The van der Waals surface area contributed by atoms with E-state index in [1.165, 1.54) is 0 Å². The lowest BCUT2D eigenvalue weighted by molar-refractivity contribution is -0.132. The molecule has 2 N–H and O–H groups in total. The van der Waals surface area contributed by atoms with E-state index in [9.17, 15) is 4.79 Å². The first-order valence-electron chi connectivity index (χ1n) is 4.37. The van der Waals surface area contributed by atoms with Gasteiger partial charge in [0.1, 0.15) is 0 Å². The molecular formula is C10H17NO2. The molecule has 74 valence electrons. The number of carboxylic acids is 1. The molecule has 0 amide bonds. The van der Waals surface area contributed by atoms with Crippen LogP contribution in [0.1, 0.15) is 20.3 Å². The van der Waals surface area contributed by atoms with Crippen LogP contribution in [0.4, 0.5) is 0 Å². The summed E-state index contributed by atoms with van der Waals surface area (Å²) >= 11 is 0. The third-order valence-corrected chi connectivity index (χ3v) is 1.75. The van der Waals surface area contributed by atoms with E-state index in [1.807, 2.05) is 6.92 Å². The molecular weight excluding hydrogens is 166 g/mol. The van der Waals surface area contributed by atoms with E-state index >= 15 is 0 Å². The zero-order valence-electron chi connectivity index (χ0n) is 8.21. The van der Waals surface area contributed by atoms with Gasteiger partial charge < -0.3 is 10.4 Å². The fourth-order valence-electron chi connectivity index (χ4n) is 0.929. The van der Waals surface area contributed by atoms with Crippen molar-refractivity contribution in [2.24, 2.45) is 0 Å². The van der Waals surface area contributed by atoms with Crippen LogP contribution in [0.3, 0.4) is 0 Å². The lowest BCUT2D eigenvalue weighted by Crippen LogP contribution is -2.27. The molecule has 13 heavy (non-hydrogen) atoms. The van der Waals surface area contributed by atoms with E-state index in [0.29, 0.717) is 12.1 Å². The van der Waals surface area contributed by atoms with Gasteiger partial charge in [0, 0.05) is 18.2 Å². The first-order chi connectivity index (χ1) is 6.11. The standard InChI is InChI=1S/C10H17NO2/c1-4-6-11-9(5-2)7-8(3)10(12)13/h4,7,9,11H,1,5-6H2,2-3H3,(H,12,13). The van der Waals surface area contributed by atoms with Crippen LogP contribution in [0.25, 0.3) is 0 Å². The normalized spacial score (nSPS) is 13.8. The SMILES string of the molecule is C=CCNC(C=C(C)C(=O)O)CC. The predicted molar refractivity (Wildman–Crippen MR) is 53.7 cm³/mol. The van der Waals surface area contributed by atoms with Crippen molar-refractivity contribution in [2.45, 2.75) is 26.3 Å². The van der Waals surface area contributed by atoms with Crippen molar-refractivity contribution in [1.82, 2.24) is 5.32 Å². The molecule has 0 bridgehead atoms. The molecule has 0 rings (SSSR count). The largest absolute Gasteiger partial charge is 0.478 e. The number of hydrogen-bond acceptors (Lipinski definition) is 2. The molecule has 0 aliphatic rings. The molecule has 1 unspecified atom stereocenters. The molecule has 0 aromatic rings. The van der Waals surface area contributed by atoms with Gasteiger partial charge in [-0.15, -0.1) is 6.58 Å². The molecule has 0 saturated heterocycles. The molecule has 0 aromatic heterocycles. The molecule has 0 fully saturated rings. The van der Waals surface area contributed by atoms with Crippen molar-refractivity contribution >= 4 is 5.97 Å². The summed E-state index contributed by atoms with van der Waals surface area (Å²) in [5, 5.41) is 11.8. The molecule has 3 nitrogen and oxygen atoms in total. The van der Waals surface area contributed by atoms with Crippen LogP contribution in [0.15, 0.2) is 24.3 Å². The summed E-state index contributed by atoms with van der Waals surface area (Å²) in [6.07, 6.45) is 4.36. The van der Waals surface area contributed by atoms with Crippen molar-refractivity contribution in [1.29, 1.82) is 0 Å². The Morgan fingerprint density at radius 3 is 2.69 bits per heavy atom. The van der Waals surface area contributed by atoms with E-state index in [0.717, 1.165) is 6.42 Å². The average molecular weight is 183 g/mol. The van der Waals surface area contributed by atoms with E-state index in [4.69, 9.17) is 5.11 Å². The monoisotopic (exact) mass is 183 g/mol. The average Bonchev–Trinajstić information content (AvgIpc) is 2.11. The van der Waals surface area contributed by atoms with Crippen LogP contribution in [0, 0.1) is 0 Å². The number of aliphatic carboxylic acids is 1. The number of carboxylic acid groups (broad SMARTS) is 1. The first kappa shape index (κ1) is 11.9. The molecule has 0 heterocycles. The lowest BCUT2D eigenvalue weighted by atomic mass is 10.1. The second-order valence-electron chi connectivity index (χ2n) is 2.87. The zero-order chi connectivity index (χ0) is 10.3. The molecule has 1 atom stereocenters. The van der Waals surface area contributed by atoms with Gasteiger partial charge in [-0.05, 0) is 13.3 Å². The minimum absolute atomic E-state index is 0.120. The van der Waals surface area contributed by atoms with Crippen LogP contribution in [-0.4, -0.2) is 23.7 Å².